The fraction of sp³-hybridized carbons (Fsp3) is 0.316. The molecule has 0 saturated heterocycles. The number of hydrogen-bond donors (Lipinski definition) is 1. The van der Waals surface area contributed by atoms with Crippen molar-refractivity contribution in [3.05, 3.63) is 59.2 Å². The van der Waals surface area contributed by atoms with E-state index in [2.05, 4.69) is 17.4 Å². The van der Waals surface area contributed by atoms with Gasteiger partial charge in [-0.15, -0.1) is 0 Å². The van der Waals surface area contributed by atoms with E-state index in [1.165, 1.54) is 11.1 Å². The molecule has 0 aliphatic carbocycles. The van der Waals surface area contributed by atoms with Gasteiger partial charge in [-0.3, -0.25) is 4.79 Å². The Morgan fingerprint density at radius 3 is 2.79 bits per heavy atom. The number of carbonyl (C=O) groups is 1. The number of hydrogen-bond acceptors (Lipinski definition) is 4. The van der Waals surface area contributed by atoms with Gasteiger partial charge < -0.3 is 19.5 Å². The normalized spacial score (nSPS) is 18.6. The number of nitrogens with one attached hydrogen (secondary N) is 1. The molecule has 0 fully saturated rings. The average Bonchev–Trinajstić information content (AvgIpc) is 2.65. The monoisotopic (exact) mass is 325 g/mol. The molecule has 5 nitrogen and oxygen atoms in total. The summed E-state index contributed by atoms with van der Waals surface area (Å²) < 4.78 is 16.9. The molecule has 124 valence electrons. The second-order valence-electron chi connectivity index (χ2n) is 5.95. The Bertz CT molecular complexity index is 759. The third kappa shape index (κ3) is 2.95. The van der Waals surface area contributed by atoms with Crippen LogP contribution in [-0.2, 0) is 17.8 Å². The number of benzene rings is 2. The van der Waals surface area contributed by atoms with Gasteiger partial charge in [-0.2, -0.15) is 0 Å². The van der Waals surface area contributed by atoms with Crippen molar-refractivity contribution < 1.29 is 19.0 Å². The Labute approximate surface area is 140 Å². The lowest BCUT2D eigenvalue weighted by molar-refractivity contribution is 0.0284. The summed E-state index contributed by atoms with van der Waals surface area (Å²) in [4.78, 5) is 12.5. The van der Waals surface area contributed by atoms with Gasteiger partial charge in [0.2, 0.25) is 0 Å². The zero-order valence-electron chi connectivity index (χ0n) is 13.3. The fourth-order valence-corrected chi connectivity index (χ4v) is 3.09. The molecule has 2 aromatic rings. The third-order valence-corrected chi connectivity index (χ3v) is 4.34. The lowest BCUT2D eigenvalue weighted by atomic mass is 9.99. The molecule has 1 unspecified atom stereocenters. The Hall–Kier alpha value is -2.53. The first-order chi connectivity index (χ1) is 11.8. The van der Waals surface area contributed by atoms with Crippen molar-refractivity contribution >= 4 is 5.91 Å². The quantitative estimate of drug-likeness (QED) is 0.941. The van der Waals surface area contributed by atoms with Crippen LogP contribution in [0.3, 0.4) is 0 Å². The molecule has 2 aliphatic rings. The Morgan fingerprint density at radius 1 is 1.04 bits per heavy atom. The summed E-state index contributed by atoms with van der Waals surface area (Å²) >= 11 is 0. The largest absolute Gasteiger partial charge is 0.486 e. The van der Waals surface area contributed by atoms with E-state index in [0.717, 1.165) is 6.42 Å². The number of amides is 1. The molecule has 5 heteroatoms. The van der Waals surface area contributed by atoms with Crippen molar-refractivity contribution in [3.8, 4) is 11.5 Å². The summed E-state index contributed by atoms with van der Waals surface area (Å²) in [7, 11) is 0. The second-order valence-corrected chi connectivity index (χ2v) is 5.95. The predicted molar refractivity (Wildman–Crippen MR) is 88.5 cm³/mol. The molecule has 2 heterocycles. The molecule has 0 spiro atoms. The van der Waals surface area contributed by atoms with Crippen LogP contribution in [0.4, 0.5) is 0 Å². The summed E-state index contributed by atoms with van der Waals surface area (Å²) in [5, 5.41) is 2.95. The molecule has 0 aromatic heterocycles. The molecular weight excluding hydrogens is 306 g/mol. The van der Waals surface area contributed by atoms with Gasteiger partial charge in [-0.05, 0) is 23.3 Å². The van der Waals surface area contributed by atoms with E-state index in [9.17, 15) is 4.79 Å². The van der Waals surface area contributed by atoms with Crippen LogP contribution in [0.25, 0.3) is 0 Å². The smallest absolute Gasteiger partial charge is 0.255 e. The van der Waals surface area contributed by atoms with E-state index >= 15 is 0 Å². The lowest BCUT2D eigenvalue weighted by Gasteiger charge is -2.26. The number of para-hydroxylation sites is 1. The van der Waals surface area contributed by atoms with Crippen molar-refractivity contribution in [1.29, 1.82) is 0 Å². The molecule has 2 aromatic carbocycles. The van der Waals surface area contributed by atoms with Crippen LogP contribution in [0.15, 0.2) is 42.5 Å². The number of ether oxygens (including phenoxy) is 3. The highest BCUT2D eigenvalue weighted by atomic mass is 16.6. The molecule has 24 heavy (non-hydrogen) atoms. The zero-order valence-corrected chi connectivity index (χ0v) is 13.3. The first-order valence-electron chi connectivity index (χ1n) is 8.16. The van der Waals surface area contributed by atoms with Gasteiger partial charge >= 0.3 is 0 Å². The Kier molecular flexibility index (Phi) is 4.09. The van der Waals surface area contributed by atoms with E-state index in [1.54, 1.807) is 12.1 Å². The van der Waals surface area contributed by atoms with E-state index in [0.29, 0.717) is 43.4 Å². The molecular formula is C19H19NO4. The highest BCUT2D eigenvalue weighted by Gasteiger charge is 2.23. The van der Waals surface area contributed by atoms with Crippen molar-refractivity contribution in [1.82, 2.24) is 5.32 Å². The molecule has 0 radical (unpaired) electrons. The van der Waals surface area contributed by atoms with Gasteiger partial charge in [0.05, 0.1) is 18.3 Å². The van der Waals surface area contributed by atoms with Crippen LogP contribution in [0.2, 0.25) is 0 Å². The van der Waals surface area contributed by atoms with Crippen LogP contribution in [0, 0.1) is 0 Å². The maximum Gasteiger partial charge on any atom is 0.255 e. The van der Waals surface area contributed by atoms with Crippen LogP contribution >= 0.6 is 0 Å². The second kappa shape index (κ2) is 6.53. The lowest BCUT2D eigenvalue weighted by Crippen LogP contribution is -2.37. The van der Waals surface area contributed by atoms with E-state index in [-0.39, 0.29) is 12.0 Å². The Morgan fingerprint density at radius 2 is 1.88 bits per heavy atom. The van der Waals surface area contributed by atoms with Crippen molar-refractivity contribution in [3.63, 3.8) is 0 Å². The molecule has 1 atom stereocenters. The number of rotatable bonds is 3. The predicted octanol–water partition coefficient (Wildman–Crippen LogP) is 2.33. The van der Waals surface area contributed by atoms with Gasteiger partial charge in [-0.1, -0.05) is 30.3 Å². The minimum Gasteiger partial charge on any atom is -0.486 e. The summed E-state index contributed by atoms with van der Waals surface area (Å²) in [5.74, 6) is 0.979. The number of fused-ring (bicyclic) bond motifs is 2. The first-order valence-corrected chi connectivity index (χ1v) is 8.16. The van der Waals surface area contributed by atoms with E-state index in [1.807, 2.05) is 18.2 Å². The van der Waals surface area contributed by atoms with E-state index in [4.69, 9.17) is 14.2 Å². The first kappa shape index (κ1) is 15.0. The van der Waals surface area contributed by atoms with Crippen molar-refractivity contribution in [2.75, 3.05) is 19.8 Å². The molecule has 1 amide bonds. The standard InChI is InChI=1S/C19H19NO4/c21-19(16-6-3-7-17-18(16)23-9-8-22-17)20-11-15-10-13-4-1-2-5-14(13)12-24-15/h1-7,15H,8-12H2,(H,20,21). The van der Waals surface area contributed by atoms with Crippen LogP contribution in [-0.4, -0.2) is 31.8 Å². The molecule has 2 aliphatic heterocycles. The SMILES string of the molecule is O=C(NCC1Cc2ccccc2CO1)c1cccc2c1OCCO2. The summed E-state index contributed by atoms with van der Waals surface area (Å²) in [6.07, 6.45) is 0.795. The van der Waals surface area contributed by atoms with Crippen LogP contribution in [0.5, 0.6) is 11.5 Å². The van der Waals surface area contributed by atoms with Crippen molar-refractivity contribution in [2.24, 2.45) is 0 Å². The number of carbonyl (C=O) groups excluding carboxylic acids is 1. The van der Waals surface area contributed by atoms with Gasteiger partial charge in [0.15, 0.2) is 11.5 Å². The zero-order chi connectivity index (χ0) is 16.4. The van der Waals surface area contributed by atoms with Gasteiger partial charge in [0, 0.05) is 13.0 Å². The van der Waals surface area contributed by atoms with Crippen LogP contribution < -0.4 is 14.8 Å². The summed E-state index contributed by atoms with van der Waals surface area (Å²) in [5.41, 5.74) is 3.02. The maximum atomic E-state index is 12.5. The van der Waals surface area contributed by atoms with E-state index < -0.39 is 0 Å². The highest BCUT2D eigenvalue weighted by Crippen LogP contribution is 2.33. The van der Waals surface area contributed by atoms with Gasteiger partial charge in [-0.25, -0.2) is 0 Å². The fourth-order valence-electron chi connectivity index (χ4n) is 3.09. The molecule has 1 N–H and O–H groups in total. The molecule has 0 bridgehead atoms. The minimum absolute atomic E-state index is 0.0134. The van der Waals surface area contributed by atoms with Crippen LogP contribution in [0.1, 0.15) is 21.5 Å². The molecule has 4 rings (SSSR count). The highest BCUT2D eigenvalue weighted by molar-refractivity contribution is 5.97. The summed E-state index contributed by atoms with van der Waals surface area (Å²) in [6.45, 7) is 2.03. The molecule has 0 saturated carbocycles. The van der Waals surface area contributed by atoms with Gasteiger partial charge in [0.25, 0.3) is 5.91 Å². The topological polar surface area (TPSA) is 56.8 Å². The average molecular weight is 325 g/mol. The van der Waals surface area contributed by atoms with Crippen molar-refractivity contribution in [2.45, 2.75) is 19.1 Å². The third-order valence-electron chi connectivity index (χ3n) is 4.34. The minimum atomic E-state index is -0.167. The summed E-state index contributed by atoms with van der Waals surface area (Å²) in [6, 6.07) is 13.6. The Balaban J connectivity index is 1.41. The van der Waals surface area contributed by atoms with Gasteiger partial charge in [0.1, 0.15) is 13.2 Å². The maximum absolute atomic E-state index is 12.5.